The topological polar surface area (TPSA) is 18.5 Å². The van der Waals surface area contributed by atoms with Gasteiger partial charge < -0.3 is 8.23 Å². The Hall–Kier alpha value is 0.571. The molecule has 5 heteroatoms. The molecule has 0 aliphatic heterocycles. The quantitative estimate of drug-likeness (QED) is 0.686. The van der Waals surface area contributed by atoms with E-state index in [-0.39, 0.29) is 0 Å². The molecule has 2 nitrogen and oxygen atoms in total. The van der Waals surface area contributed by atoms with E-state index in [0.29, 0.717) is 0 Å². The van der Waals surface area contributed by atoms with Gasteiger partial charge in [0.05, 0.1) is 0 Å². The number of hydrogen-bond donors (Lipinski definition) is 0. The van der Waals surface area contributed by atoms with E-state index < -0.39 is 26.6 Å². The van der Waals surface area contributed by atoms with Crippen molar-refractivity contribution in [1.29, 1.82) is 0 Å². The van der Waals surface area contributed by atoms with Gasteiger partial charge >= 0.3 is 8.56 Å². The standard InChI is InChI=1S/C10H28O2Si3/c1-9(2)10(3)13-11-15(7,8)12-14(4,5)6/h9-10H,13H2,1-8H3. The molecular weight excluding hydrogens is 236 g/mol. The summed E-state index contributed by atoms with van der Waals surface area (Å²) in [6.45, 7) is 17.9. The smallest absolute Gasteiger partial charge is 0.310 e. The highest BCUT2D eigenvalue weighted by molar-refractivity contribution is 6.82. The molecule has 0 saturated carbocycles. The Kier molecular flexibility index (Phi) is 5.99. The lowest BCUT2D eigenvalue weighted by Crippen LogP contribution is -2.46. The monoisotopic (exact) mass is 264 g/mol. The average Bonchev–Trinajstić information content (AvgIpc) is 1.95. The highest BCUT2D eigenvalue weighted by Gasteiger charge is 2.31. The normalized spacial score (nSPS) is 16.6. The van der Waals surface area contributed by atoms with Crippen LogP contribution < -0.4 is 0 Å². The van der Waals surface area contributed by atoms with Gasteiger partial charge in [0.1, 0.15) is 0 Å². The molecule has 0 rings (SSSR count). The average molecular weight is 265 g/mol. The van der Waals surface area contributed by atoms with Gasteiger partial charge in [0.15, 0.2) is 18.1 Å². The number of hydrogen-bond acceptors (Lipinski definition) is 2. The predicted octanol–water partition coefficient (Wildman–Crippen LogP) is 3.10. The second kappa shape index (κ2) is 5.77. The molecule has 0 N–H and O–H groups in total. The molecule has 0 fully saturated rings. The minimum atomic E-state index is -1.82. The maximum atomic E-state index is 6.15. The highest BCUT2D eigenvalue weighted by atomic mass is 28.5. The van der Waals surface area contributed by atoms with E-state index in [1.807, 2.05) is 0 Å². The van der Waals surface area contributed by atoms with Crippen molar-refractivity contribution in [1.82, 2.24) is 0 Å². The zero-order chi connectivity index (χ0) is 12.3. The summed E-state index contributed by atoms with van der Waals surface area (Å²) in [5.41, 5.74) is 0.752. The van der Waals surface area contributed by atoms with Gasteiger partial charge in [0.25, 0.3) is 0 Å². The van der Waals surface area contributed by atoms with Crippen molar-refractivity contribution in [2.45, 2.75) is 59.0 Å². The Balaban J connectivity index is 4.04. The minimum absolute atomic E-state index is 0.426. The van der Waals surface area contributed by atoms with Crippen LogP contribution in [-0.4, -0.2) is 26.6 Å². The fraction of sp³-hybridized carbons (Fsp3) is 1.00. The summed E-state index contributed by atoms with van der Waals surface area (Å²) in [6.07, 6.45) is 0. The van der Waals surface area contributed by atoms with Crippen molar-refractivity contribution >= 4 is 26.6 Å². The third-order valence-corrected chi connectivity index (χ3v) is 11.7. The molecule has 0 amide bonds. The van der Waals surface area contributed by atoms with Gasteiger partial charge in [0.2, 0.25) is 0 Å². The van der Waals surface area contributed by atoms with Crippen molar-refractivity contribution in [2.24, 2.45) is 5.92 Å². The van der Waals surface area contributed by atoms with Crippen LogP contribution in [0.25, 0.3) is 0 Å². The Morgan fingerprint density at radius 1 is 0.933 bits per heavy atom. The molecule has 15 heavy (non-hydrogen) atoms. The van der Waals surface area contributed by atoms with Gasteiger partial charge in [-0.3, -0.25) is 0 Å². The van der Waals surface area contributed by atoms with Gasteiger partial charge in [-0.05, 0) is 44.2 Å². The lowest BCUT2D eigenvalue weighted by Gasteiger charge is -2.32. The van der Waals surface area contributed by atoms with E-state index in [9.17, 15) is 0 Å². The molecule has 0 heterocycles. The summed E-state index contributed by atoms with van der Waals surface area (Å²) in [5.74, 6) is 0.744. The molecule has 0 aromatic heterocycles. The lowest BCUT2D eigenvalue weighted by molar-refractivity contribution is 0.400. The number of rotatable bonds is 6. The fourth-order valence-electron chi connectivity index (χ4n) is 1.29. The molecule has 1 atom stereocenters. The molecule has 0 bridgehead atoms. The summed E-state index contributed by atoms with van der Waals surface area (Å²) in [4.78, 5) is 0. The predicted molar refractivity (Wildman–Crippen MR) is 75.8 cm³/mol. The van der Waals surface area contributed by atoms with Crippen molar-refractivity contribution in [2.75, 3.05) is 0 Å². The van der Waals surface area contributed by atoms with E-state index >= 15 is 0 Å². The summed E-state index contributed by atoms with van der Waals surface area (Å²) in [6, 6.07) is 0. The van der Waals surface area contributed by atoms with Crippen LogP contribution in [0.1, 0.15) is 20.8 Å². The molecule has 0 spiro atoms. The Bertz CT molecular complexity index is 188. The van der Waals surface area contributed by atoms with Crippen LogP contribution in [-0.2, 0) is 8.23 Å². The Morgan fingerprint density at radius 3 is 1.73 bits per heavy atom. The first-order chi connectivity index (χ1) is 6.53. The van der Waals surface area contributed by atoms with E-state index in [4.69, 9.17) is 8.23 Å². The first-order valence-corrected chi connectivity index (χ1v) is 13.5. The second-order valence-corrected chi connectivity index (χ2v) is 16.8. The molecule has 0 aliphatic carbocycles. The molecule has 92 valence electrons. The van der Waals surface area contributed by atoms with Crippen molar-refractivity contribution in [3.05, 3.63) is 0 Å². The minimum Gasteiger partial charge on any atom is -0.442 e. The lowest BCUT2D eigenvalue weighted by atomic mass is 10.1. The van der Waals surface area contributed by atoms with Gasteiger partial charge in [-0.25, -0.2) is 0 Å². The van der Waals surface area contributed by atoms with Gasteiger partial charge in [-0.15, -0.1) is 0 Å². The third-order valence-electron chi connectivity index (χ3n) is 2.38. The SMILES string of the molecule is CC(C)C(C)[SiH2]O[Si](C)(C)O[Si](C)(C)C. The van der Waals surface area contributed by atoms with Gasteiger partial charge in [-0.1, -0.05) is 20.8 Å². The van der Waals surface area contributed by atoms with Gasteiger partial charge in [0, 0.05) is 0 Å². The summed E-state index contributed by atoms with van der Waals surface area (Å²) >= 11 is 0. The van der Waals surface area contributed by atoms with Crippen LogP contribution >= 0.6 is 0 Å². The molecule has 0 aliphatic rings. The van der Waals surface area contributed by atoms with Crippen LogP contribution in [0.2, 0.25) is 38.3 Å². The summed E-state index contributed by atoms with van der Waals surface area (Å²) in [5, 5.41) is 0. The molecule has 0 aromatic rings. The van der Waals surface area contributed by atoms with Crippen LogP contribution in [0.4, 0.5) is 0 Å². The van der Waals surface area contributed by atoms with E-state index in [2.05, 4.69) is 53.5 Å². The summed E-state index contributed by atoms with van der Waals surface area (Å²) < 4.78 is 12.3. The van der Waals surface area contributed by atoms with Crippen molar-refractivity contribution in [3.63, 3.8) is 0 Å². The van der Waals surface area contributed by atoms with E-state index in [0.717, 1.165) is 11.5 Å². The molecule has 0 aromatic carbocycles. The molecule has 0 radical (unpaired) electrons. The fourth-order valence-corrected chi connectivity index (χ4v) is 11.0. The first-order valence-electron chi connectivity index (χ1n) is 5.87. The van der Waals surface area contributed by atoms with E-state index in [1.165, 1.54) is 0 Å². The van der Waals surface area contributed by atoms with Crippen LogP contribution in [0.15, 0.2) is 0 Å². The van der Waals surface area contributed by atoms with Crippen molar-refractivity contribution in [3.8, 4) is 0 Å². The van der Waals surface area contributed by atoms with Crippen molar-refractivity contribution < 1.29 is 8.23 Å². The molecule has 0 saturated heterocycles. The Morgan fingerprint density at radius 2 is 1.40 bits per heavy atom. The highest BCUT2D eigenvalue weighted by Crippen LogP contribution is 2.20. The van der Waals surface area contributed by atoms with Gasteiger partial charge in [-0.2, -0.15) is 0 Å². The first kappa shape index (κ1) is 15.6. The van der Waals surface area contributed by atoms with E-state index in [1.54, 1.807) is 0 Å². The maximum absolute atomic E-state index is 6.15. The third kappa shape index (κ3) is 8.39. The largest absolute Gasteiger partial charge is 0.442 e. The van der Waals surface area contributed by atoms with Crippen LogP contribution in [0.5, 0.6) is 0 Å². The molecule has 1 unspecified atom stereocenters. The second-order valence-electron chi connectivity index (χ2n) is 6.15. The zero-order valence-electron chi connectivity index (χ0n) is 11.7. The van der Waals surface area contributed by atoms with Crippen LogP contribution in [0, 0.1) is 5.92 Å². The summed E-state index contributed by atoms with van der Waals surface area (Å²) in [7, 11) is -3.68. The van der Waals surface area contributed by atoms with Crippen LogP contribution in [0.3, 0.4) is 0 Å². The Labute approximate surface area is 100 Å². The maximum Gasteiger partial charge on any atom is 0.310 e. The zero-order valence-corrected chi connectivity index (χ0v) is 15.1. The molecular formula is C10H28O2Si3.